The fourth-order valence-corrected chi connectivity index (χ4v) is 3.56. The molecule has 27 heavy (non-hydrogen) atoms. The molecule has 2 aromatic heterocycles. The molecule has 2 N–H and O–H groups in total. The number of aromatic nitrogens is 4. The van der Waals surface area contributed by atoms with Crippen molar-refractivity contribution in [1.29, 1.82) is 0 Å². The van der Waals surface area contributed by atoms with E-state index in [0.29, 0.717) is 25.6 Å². The van der Waals surface area contributed by atoms with Crippen LogP contribution in [0.25, 0.3) is 0 Å². The minimum Gasteiger partial charge on any atom is -0.364 e. The van der Waals surface area contributed by atoms with E-state index in [9.17, 15) is 9.59 Å². The average Bonchev–Trinajstić information content (AvgIpc) is 3.10. The molecule has 4 heterocycles. The molecule has 0 aromatic carbocycles. The van der Waals surface area contributed by atoms with Gasteiger partial charge >= 0.3 is 6.03 Å². The lowest BCUT2D eigenvalue weighted by Gasteiger charge is -2.37. The molecule has 0 aliphatic carbocycles. The van der Waals surface area contributed by atoms with Gasteiger partial charge in [-0.1, -0.05) is 0 Å². The van der Waals surface area contributed by atoms with Gasteiger partial charge in [0, 0.05) is 32.4 Å². The molecule has 1 atom stereocenters. The minimum absolute atomic E-state index is 0.00188. The lowest BCUT2D eigenvalue weighted by atomic mass is 10.0. The second-order valence-electron chi connectivity index (χ2n) is 6.59. The Bertz CT molecular complexity index is 829. The van der Waals surface area contributed by atoms with Crippen LogP contribution in [0.15, 0.2) is 30.7 Å². The number of anilines is 2. The van der Waals surface area contributed by atoms with Crippen LogP contribution in [0.3, 0.4) is 0 Å². The van der Waals surface area contributed by atoms with E-state index in [2.05, 4.69) is 20.2 Å². The number of carbonyl (C=O) groups is 2. The zero-order chi connectivity index (χ0) is 18.8. The van der Waals surface area contributed by atoms with Crippen molar-refractivity contribution in [2.75, 3.05) is 36.0 Å². The summed E-state index contributed by atoms with van der Waals surface area (Å²) >= 11 is 0. The Morgan fingerprint density at radius 3 is 2.78 bits per heavy atom. The van der Waals surface area contributed by atoms with E-state index in [-0.39, 0.29) is 17.8 Å². The van der Waals surface area contributed by atoms with Crippen LogP contribution in [0.1, 0.15) is 23.3 Å². The van der Waals surface area contributed by atoms with Gasteiger partial charge in [0.2, 0.25) is 5.95 Å². The minimum atomic E-state index is -0.656. The Morgan fingerprint density at radius 2 is 2.07 bits per heavy atom. The van der Waals surface area contributed by atoms with E-state index in [0.717, 1.165) is 25.1 Å². The van der Waals surface area contributed by atoms with Gasteiger partial charge in [0.25, 0.3) is 5.91 Å². The highest BCUT2D eigenvalue weighted by Gasteiger charge is 2.37. The highest BCUT2D eigenvalue weighted by molar-refractivity contribution is 5.94. The molecule has 0 saturated carbocycles. The van der Waals surface area contributed by atoms with E-state index >= 15 is 0 Å². The number of rotatable bonds is 4. The smallest absolute Gasteiger partial charge is 0.324 e. The molecule has 10 nitrogen and oxygen atoms in total. The van der Waals surface area contributed by atoms with Gasteiger partial charge < -0.3 is 15.5 Å². The third-order valence-electron chi connectivity index (χ3n) is 4.92. The second kappa shape index (κ2) is 7.14. The summed E-state index contributed by atoms with van der Waals surface area (Å²) in [6, 6.07) is 3.79. The Balaban J connectivity index is 1.45. The third kappa shape index (κ3) is 3.37. The molecule has 2 saturated heterocycles. The second-order valence-corrected chi connectivity index (χ2v) is 6.59. The topological polar surface area (TPSA) is 121 Å². The molecule has 10 heteroatoms. The van der Waals surface area contributed by atoms with Gasteiger partial charge in [0.15, 0.2) is 5.69 Å². The Hall–Kier alpha value is -3.30. The molecule has 1 unspecified atom stereocenters. The van der Waals surface area contributed by atoms with E-state index < -0.39 is 5.91 Å². The monoisotopic (exact) mass is 368 g/mol. The van der Waals surface area contributed by atoms with Gasteiger partial charge in [0.1, 0.15) is 0 Å². The van der Waals surface area contributed by atoms with Gasteiger partial charge in [-0.05, 0) is 25.0 Å². The number of nitrogens with two attached hydrogens (primary N) is 1. The van der Waals surface area contributed by atoms with E-state index in [1.807, 2.05) is 21.9 Å². The fourth-order valence-electron chi connectivity index (χ4n) is 3.56. The molecule has 0 spiro atoms. The molecule has 140 valence electrons. The zero-order valence-corrected chi connectivity index (χ0v) is 14.7. The fraction of sp³-hybridized carbons (Fsp3) is 0.412. The lowest BCUT2D eigenvalue weighted by molar-refractivity contribution is 0.0994. The number of hydrogen-bond acceptors (Lipinski definition) is 7. The summed E-state index contributed by atoms with van der Waals surface area (Å²) in [6.45, 7) is 2.73. The number of primary amides is 1. The van der Waals surface area contributed by atoms with Crippen LogP contribution in [0.5, 0.6) is 0 Å². The summed E-state index contributed by atoms with van der Waals surface area (Å²) in [7, 11) is 0. The molecule has 2 aliphatic rings. The maximum atomic E-state index is 12.9. The summed E-state index contributed by atoms with van der Waals surface area (Å²) < 4.78 is 0. The largest absolute Gasteiger partial charge is 0.364 e. The standard InChI is InChI=1S/C17H20N8O2/c18-15(26)14-10-20-16(22-21-14)23-6-2-4-13(11-23)25-8-7-24(17(25)27)12-3-1-5-19-9-12/h1,3,5,9-10,13H,2,4,6-8,11H2,(H2,18,26). The van der Waals surface area contributed by atoms with Crippen LogP contribution in [0, 0.1) is 0 Å². The van der Waals surface area contributed by atoms with Crippen LogP contribution in [0.2, 0.25) is 0 Å². The highest BCUT2D eigenvalue weighted by Crippen LogP contribution is 2.25. The number of carbonyl (C=O) groups excluding carboxylic acids is 2. The average molecular weight is 368 g/mol. The summed E-state index contributed by atoms with van der Waals surface area (Å²) in [4.78, 5) is 37.9. The van der Waals surface area contributed by atoms with Gasteiger partial charge in [-0.15, -0.1) is 10.2 Å². The maximum absolute atomic E-state index is 12.9. The van der Waals surface area contributed by atoms with E-state index in [4.69, 9.17) is 5.73 Å². The molecule has 4 rings (SSSR count). The van der Waals surface area contributed by atoms with Gasteiger partial charge in [-0.25, -0.2) is 9.78 Å². The number of nitrogens with zero attached hydrogens (tertiary/aromatic N) is 7. The SMILES string of the molecule is NC(=O)c1cnc(N2CCCC(N3CCN(c4cccnc4)C3=O)C2)nn1. The molecular weight excluding hydrogens is 348 g/mol. The third-order valence-corrected chi connectivity index (χ3v) is 4.92. The number of amides is 3. The number of hydrogen-bond donors (Lipinski definition) is 1. The molecule has 2 aromatic rings. The number of urea groups is 1. The lowest BCUT2D eigenvalue weighted by Crippen LogP contribution is -2.50. The molecule has 0 radical (unpaired) electrons. The van der Waals surface area contributed by atoms with Crippen LogP contribution < -0.4 is 15.5 Å². The first-order chi connectivity index (χ1) is 13.1. The molecular formula is C17H20N8O2. The van der Waals surface area contributed by atoms with Gasteiger partial charge in [-0.3, -0.25) is 14.7 Å². The quantitative estimate of drug-likeness (QED) is 0.822. The van der Waals surface area contributed by atoms with Crippen molar-refractivity contribution in [2.24, 2.45) is 5.73 Å². The van der Waals surface area contributed by atoms with Crippen molar-refractivity contribution < 1.29 is 9.59 Å². The Morgan fingerprint density at radius 1 is 1.19 bits per heavy atom. The van der Waals surface area contributed by atoms with Crippen molar-refractivity contribution in [2.45, 2.75) is 18.9 Å². The first-order valence-corrected chi connectivity index (χ1v) is 8.86. The Labute approximate surface area is 156 Å². The summed E-state index contributed by atoms with van der Waals surface area (Å²) in [5.41, 5.74) is 6.02. The molecule has 3 amide bonds. The van der Waals surface area contributed by atoms with Gasteiger partial charge in [-0.2, -0.15) is 0 Å². The van der Waals surface area contributed by atoms with Crippen LogP contribution >= 0.6 is 0 Å². The first kappa shape index (κ1) is 17.1. The summed E-state index contributed by atoms with van der Waals surface area (Å²) in [5.74, 6) is -0.211. The van der Waals surface area contributed by atoms with Crippen LogP contribution in [0.4, 0.5) is 16.4 Å². The van der Waals surface area contributed by atoms with E-state index in [1.165, 1.54) is 6.20 Å². The van der Waals surface area contributed by atoms with Crippen molar-refractivity contribution in [3.63, 3.8) is 0 Å². The van der Waals surface area contributed by atoms with Crippen molar-refractivity contribution in [3.8, 4) is 0 Å². The maximum Gasteiger partial charge on any atom is 0.324 e. The number of pyridine rings is 1. The summed E-state index contributed by atoms with van der Waals surface area (Å²) in [6.07, 6.45) is 6.57. The summed E-state index contributed by atoms with van der Waals surface area (Å²) in [5, 5.41) is 7.83. The molecule has 2 aliphatic heterocycles. The molecule has 2 fully saturated rings. The predicted octanol–water partition coefficient (Wildman–Crippen LogP) is 0.276. The van der Waals surface area contributed by atoms with Crippen LogP contribution in [-0.4, -0.2) is 69.2 Å². The van der Waals surface area contributed by atoms with E-state index in [1.54, 1.807) is 17.3 Å². The van der Waals surface area contributed by atoms with Crippen molar-refractivity contribution >= 4 is 23.6 Å². The number of piperidine rings is 1. The van der Waals surface area contributed by atoms with Crippen molar-refractivity contribution in [3.05, 3.63) is 36.4 Å². The van der Waals surface area contributed by atoms with Crippen LogP contribution in [-0.2, 0) is 0 Å². The van der Waals surface area contributed by atoms with Gasteiger partial charge in [0.05, 0.1) is 24.1 Å². The predicted molar refractivity (Wildman–Crippen MR) is 97.3 cm³/mol. The Kier molecular flexibility index (Phi) is 4.53. The first-order valence-electron chi connectivity index (χ1n) is 8.86. The normalized spacial score (nSPS) is 20.2. The zero-order valence-electron chi connectivity index (χ0n) is 14.7. The highest BCUT2D eigenvalue weighted by atomic mass is 16.2. The molecule has 0 bridgehead atoms. The van der Waals surface area contributed by atoms with Crippen molar-refractivity contribution in [1.82, 2.24) is 25.1 Å².